The number of nitrogens with one attached hydrogen (secondary N) is 3. The summed E-state index contributed by atoms with van der Waals surface area (Å²) in [5.74, 6) is -0.0949. The molecule has 0 aliphatic rings. The third-order valence-electron chi connectivity index (χ3n) is 3.56. The van der Waals surface area contributed by atoms with E-state index in [0.717, 1.165) is 0 Å². The summed E-state index contributed by atoms with van der Waals surface area (Å²) in [6.45, 7) is 3.94. The van der Waals surface area contributed by atoms with Crippen molar-refractivity contribution in [2.24, 2.45) is 0 Å². The highest BCUT2D eigenvalue weighted by Gasteiger charge is 2.21. The van der Waals surface area contributed by atoms with Crippen molar-refractivity contribution >= 4 is 28.6 Å². The van der Waals surface area contributed by atoms with Gasteiger partial charge in [0, 0.05) is 24.6 Å². The van der Waals surface area contributed by atoms with Gasteiger partial charge in [0.2, 0.25) is 0 Å². The summed E-state index contributed by atoms with van der Waals surface area (Å²) in [7, 11) is 1.80. The molecule has 0 radical (unpaired) electrons. The van der Waals surface area contributed by atoms with Crippen LogP contribution in [0.3, 0.4) is 0 Å². The number of aromatic amines is 1. The van der Waals surface area contributed by atoms with Gasteiger partial charge in [-0.15, -0.1) is 4.31 Å². The first-order chi connectivity index (χ1) is 11.3. The summed E-state index contributed by atoms with van der Waals surface area (Å²) in [4.78, 5) is 15.0. The van der Waals surface area contributed by atoms with Crippen LogP contribution >= 0.6 is 0 Å². The Hall–Kier alpha value is -2.29. The first-order valence-electron chi connectivity index (χ1n) is 7.39. The van der Waals surface area contributed by atoms with Crippen LogP contribution in [-0.2, 0) is 11.4 Å². The third kappa shape index (κ3) is 3.97. The van der Waals surface area contributed by atoms with E-state index >= 15 is 0 Å². The van der Waals surface area contributed by atoms with E-state index in [0.29, 0.717) is 10.6 Å². The van der Waals surface area contributed by atoms with Gasteiger partial charge in [-0.05, 0) is 44.2 Å². The number of hydrogen-bond acceptors (Lipinski definition) is 5. The minimum absolute atomic E-state index is 0.0877. The lowest BCUT2D eigenvalue weighted by Gasteiger charge is -2.23. The molecule has 7 nitrogen and oxygen atoms in total. The topological polar surface area (TPSA) is 121 Å². The molecular formula is C16H21N5O2S. The summed E-state index contributed by atoms with van der Waals surface area (Å²) >= 11 is -1.25. The summed E-state index contributed by atoms with van der Waals surface area (Å²) in [5.41, 5.74) is 6.25. The lowest BCUT2D eigenvalue weighted by molar-refractivity contribution is 0.410. The van der Waals surface area contributed by atoms with Crippen molar-refractivity contribution in [3.8, 4) is 0 Å². The predicted octanol–water partition coefficient (Wildman–Crippen LogP) is 1.76. The van der Waals surface area contributed by atoms with Gasteiger partial charge < -0.3 is 20.6 Å². The molecule has 2 aromatic rings. The Morgan fingerprint density at radius 3 is 2.50 bits per heavy atom. The van der Waals surface area contributed by atoms with Gasteiger partial charge in [-0.25, -0.2) is 0 Å². The smallest absolute Gasteiger partial charge is 0.261 e. The van der Waals surface area contributed by atoms with Crippen LogP contribution < -0.4 is 16.6 Å². The quantitative estimate of drug-likeness (QED) is 0.373. The molecule has 5 N–H and O–H groups in total. The zero-order chi connectivity index (χ0) is 17.9. The Kier molecular flexibility index (Phi) is 5.66. The Bertz CT molecular complexity index is 773. The van der Waals surface area contributed by atoms with Crippen LogP contribution in [-0.4, -0.2) is 32.8 Å². The molecule has 0 saturated carbocycles. The highest BCUT2D eigenvalue weighted by Crippen LogP contribution is 2.19. The number of hydrogen-bond donors (Lipinski definition) is 4. The molecule has 1 heterocycles. The van der Waals surface area contributed by atoms with Gasteiger partial charge in [0.05, 0.1) is 17.4 Å². The SMILES string of the molecule is CC(C)N(C)[S+]([O-])c1ccc(NC(=N)c2c(N)cc[nH]c2=O)cc1. The molecule has 0 fully saturated rings. The maximum atomic E-state index is 12.3. The van der Waals surface area contributed by atoms with Gasteiger partial charge in [-0.2, -0.15) is 0 Å². The second-order valence-electron chi connectivity index (χ2n) is 5.55. The molecule has 128 valence electrons. The van der Waals surface area contributed by atoms with E-state index in [1.54, 1.807) is 35.6 Å². The molecule has 8 heteroatoms. The maximum absolute atomic E-state index is 12.3. The van der Waals surface area contributed by atoms with Crippen molar-refractivity contribution in [3.63, 3.8) is 0 Å². The molecular weight excluding hydrogens is 326 g/mol. The Morgan fingerprint density at radius 1 is 1.33 bits per heavy atom. The molecule has 0 aliphatic carbocycles. The Morgan fingerprint density at radius 2 is 1.96 bits per heavy atom. The normalized spacial score (nSPS) is 12.4. The molecule has 0 bridgehead atoms. The van der Waals surface area contributed by atoms with Crippen LogP contribution in [0.5, 0.6) is 0 Å². The van der Waals surface area contributed by atoms with Gasteiger partial charge in [-0.1, -0.05) is 0 Å². The fraction of sp³-hybridized carbons (Fsp3) is 0.250. The lowest BCUT2D eigenvalue weighted by Crippen LogP contribution is -2.33. The fourth-order valence-electron chi connectivity index (χ4n) is 1.97. The van der Waals surface area contributed by atoms with Crippen molar-refractivity contribution in [2.45, 2.75) is 24.8 Å². The van der Waals surface area contributed by atoms with E-state index in [4.69, 9.17) is 11.1 Å². The first kappa shape index (κ1) is 18.1. The standard InChI is InChI=1S/C16H21N5O2S/c1-10(2)21(3)24(23)12-6-4-11(5-7-12)20-15(18)14-13(17)8-9-19-16(14)22/h4-10H,1-3H3,(H2,18,20)(H3,17,19,22). The monoisotopic (exact) mass is 347 g/mol. The van der Waals surface area contributed by atoms with Gasteiger partial charge >= 0.3 is 0 Å². The number of aromatic nitrogens is 1. The van der Waals surface area contributed by atoms with Crippen LogP contribution in [0.2, 0.25) is 0 Å². The maximum Gasteiger partial charge on any atom is 0.261 e. The van der Waals surface area contributed by atoms with Gasteiger partial charge in [0.1, 0.15) is 11.4 Å². The van der Waals surface area contributed by atoms with Crippen molar-refractivity contribution in [1.29, 1.82) is 5.41 Å². The van der Waals surface area contributed by atoms with Gasteiger partial charge in [0.15, 0.2) is 4.90 Å². The molecule has 0 spiro atoms. The van der Waals surface area contributed by atoms with Gasteiger partial charge in [0.25, 0.3) is 5.56 Å². The Labute approximate surface area is 143 Å². The van der Waals surface area contributed by atoms with Crippen LogP contribution in [0.15, 0.2) is 46.2 Å². The molecule has 24 heavy (non-hydrogen) atoms. The van der Waals surface area contributed by atoms with E-state index in [9.17, 15) is 9.35 Å². The first-order valence-corrected chi connectivity index (χ1v) is 8.50. The van der Waals surface area contributed by atoms with E-state index in [1.165, 1.54) is 12.3 Å². The Balaban J connectivity index is 2.15. The minimum Gasteiger partial charge on any atom is -0.593 e. The van der Waals surface area contributed by atoms with E-state index in [-0.39, 0.29) is 23.1 Å². The highest BCUT2D eigenvalue weighted by atomic mass is 32.2. The molecule has 0 saturated heterocycles. The average Bonchev–Trinajstić information content (AvgIpc) is 2.54. The molecule has 1 aromatic heterocycles. The molecule has 0 amide bonds. The van der Waals surface area contributed by atoms with Crippen molar-refractivity contribution in [1.82, 2.24) is 9.29 Å². The number of pyridine rings is 1. The van der Waals surface area contributed by atoms with Crippen molar-refractivity contribution in [2.75, 3.05) is 18.1 Å². The average molecular weight is 347 g/mol. The highest BCUT2D eigenvalue weighted by molar-refractivity contribution is 7.89. The molecule has 2 rings (SSSR count). The summed E-state index contributed by atoms with van der Waals surface area (Å²) in [6.07, 6.45) is 1.43. The number of benzene rings is 1. The number of nitrogen functional groups attached to an aromatic ring is 1. The largest absolute Gasteiger partial charge is 0.593 e. The second-order valence-corrected chi connectivity index (χ2v) is 7.10. The second kappa shape index (κ2) is 7.52. The van der Waals surface area contributed by atoms with Crippen LogP contribution in [0.1, 0.15) is 19.4 Å². The summed E-state index contributed by atoms with van der Waals surface area (Å²) in [6, 6.07) is 8.56. The summed E-state index contributed by atoms with van der Waals surface area (Å²) in [5, 5.41) is 10.9. The predicted molar refractivity (Wildman–Crippen MR) is 97.7 cm³/mol. The van der Waals surface area contributed by atoms with Gasteiger partial charge in [-0.3, -0.25) is 10.2 Å². The molecule has 1 aromatic carbocycles. The number of amidine groups is 1. The molecule has 1 atom stereocenters. The van der Waals surface area contributed by atoms with Crippen LogP contribution in [0.25, 0.3) is 0 Å². The number of nitrogens with zero attached hydrogens (tertiary/aromatic N) is 1. The lowest BCUT2D eigenvalue weighted by atomic mass is 10.2. The van der Waals surface area contributed by atoms with E-state index in [1.807, 2.05) is 13.8 Å². The molecule has 0 aliphatic heterocycles. The number of H-pyrrole nitrogens is 1. The molecule has 1 unspecified atom stereocenters. The fourth-order valence-corrected chi connectivity index (χ4v) is 3.06. The zero-order valence-electron chi connectivity index (χ0n) is 13.8. The third-order valence-corrected chi connectivity index (χ3v) is 5.18. The van der Waals surface area contributed by atoms with E-state index < -0.39 is 16.9 Å². The minimum atomic E-state index is -1.25. The van der Waals surface area contributed by atoms with Crippen molar-refractivity contribution < 1.29 is 4.55 Å². The van der Waals surface area contributed by atoms with Crippen LogP contribution in [0.4, 0.5) is 11.4 Å². The zero-order valence-corrected chi connectivity index (χ0v) is 14.6. The number of anilines is 2. The van der Waals surface area contributed by atoms with Crippen molar-refractivity contribution in [3.05, 3.63) is 52.4 Å². The van der Waals surface area contributed by atoms with E-state index in [2.05, 4.69) is 10.3 Å². The number of nitrogens with two attached hydrogens (primary N) is 1. The number of rotatable bonds is 5. The summed E-state index contributed by atoms with van der Waals surface area (Å²) < 4.78 is 14.1. The van der Waals surface area contributed by atoms with Crippen LogP contribution in [0, 0.1) is 5.41 Å².